The quantitative estimate of drug-likeness (QED) is 0.320. The Morgan fingerprint density at radius 3 is 2.04 bits per heavy atom. The van der Waals surface area contributed by atoms with Gasteiger partial charge >= 0.3 is 0 Å². The fourth-order valence-electron chi connectivity index (χ4n) is 3.36. The highest BCUT2D eigenvalue weighted by Crippen LogP contribution is 2.42. The van der Waals surface area contributed by atoms with E-state index < -0.39 is 0 Å². The monoisotopic (exact) mass is 407 g/mol. The van der Waals surface area contributed by atoms with Crippen molar-refractivity contribution in [2.24, 2.45) is 0 Å². The van der Waals surface area contributed by atoms with Crippen molar-refractivity contribution in [2.45, 2.75) is 0 Å². The predicted molar refractivity (Wildman–Crippen MR) is 114 cm³/mol. The molecule has 27 heavy (non-hydrogen) atoms. The average Bonchev–Trinajstić information content (AvgIpc) is 3.06. The Bertz CT molecular complexity index is 1290. The van der Waals surface area contributed by atoms with E-state index in [4.69, 9.17) is 23.2 Å². The lowest BCUT2D eigenvalue weighted by Gasteiger charge is -2.11. The molecule has 3 aromatic carbocycles. The van der Waals surface area contributed by atoms with E-state index >= 15 is 0 Å². The second-order valence-electron chi connectivity index (χ2n) is 6.02. The minimum Gasteiger partial charge on any atom is -0.198 e. The molecule has 0 aliphatic rings. The summed E-state index contributed by atoms with van der Waals surface area (Å²) in [5, 5.41) is 2.64. The first-order chi connectivity index (χ1) is 13.2. The van der Waals surface area contributed by atoms with Crippen molar-refractivity contribution in [3.63, 3.8) is 0 Å². The van der Waals surface area contributed by atoms with Crippen LogP contribution in [0.5, 0.6) is 0 Å². The molecule has 0 saturated carbocycles. The fourth-order valence-corrected chi connectivity index (χ4v) is 4.85. The maximum atomic E-state index is 6.01. The van der Waals surface area contributed by atoms with Gasteiger partial charge in [-0.05, 0) is 46.5 Å². The van der Waals surface area contributed by atoms with Crippen LogP contribution >= 0.6 is 34.5 Å². The number of thiophene rings is 1. The lowest BCUT2D eigenvalue weighted by Crippen LogP contribution is -1.95. The van der Waals surface area contributed by atoms with Crippen LogP contribution in [0.25, 0.3) is 42.7 Å². The molecule has 0 atom stereocenters. The van der Waals surface area contributed by atoms with Gasteiger partial charge in [-0.25, -0.2) is 0 Å². The summed E-state index contributed by atoms with van der Waals surface area (Å²) >= 11 is 13.8. The third-order valence-electron chi connectivity index (χ3n) is 4.44. The second-order valence-corrected chi connectivity index (χ2v) is 7.78. The molecular weight excluding hydrogens is 397 g/mol. The van der Waals surface area contributed by atoms with E-state index in [9.17, 15) is 0 Å². The molecule has 0 N–H and O–H groups in total. The van der Waals surface area contributed by atoms with E-state index in [1.54, 1.807) is 11.3 Å². The summed E-state index contributed by atoms with van der Waals surface area (Å²) in [6, 6.07) is 22.8. The van der Waals surface area contributed by atoms with E-state index in [0.717, 1.165) is 16.7 Å². The van der Waals surface area contributed by atoms with Crippen LogP contribution in [0, 0.1) is 0 Å². The van der Waals surface area contributed by atoms with Crippen LogP contribution in [0.4, 0.5) is 0 Å². The van der Waals surface area contributed by atoms with Crippen LogP contribution in [0.1, 0.15) is 0 Å². The average molecular weight is 408 g/mol. The molecule has 0 fully saturated rings. The summed E-state index contributed by atoms with van der Waals surface area (Å²) in [6.45, 7) is 0. The van der Waals surface area contributed by atoms with Gasteiger partial charge in [0.25, 0.3) is 0 Å². The molecule has 0 spiro atoms. The molecule has 0 bridgehead atoms. The number of nitrogens with zero attached hydrogens (tertiary/aromatic N) is 3. The Labute approximate surface area is 169 Å². The Hall–Kier alpha value is -2.53. The number of fused-ring (bicyclic) bond motifs is 3. The van der Waals surface area contributed by atoms with Crippen LogP contribution < -0.4 is 0 Å². The van der Waals surface area contributed by atoms with E-state index in [1.807, 2.05) is 18.2 Å². The molecule has 0 unspecified atom stereocenters. The number of benzene rings is 3. The van der Waals surface area contributed by atoms with Gasteiger partial charge in [0.05, 0.1) is 0 Å². The Kier molecular flexibility index (Phi) is 4.05. The van der Waals surface area contributed by atoms with Gasteiger partial charge in [-0.3, -0.25) is 0 Å². The lowest BCUT2D eigenvalue weighted by atomic mass is 9.95. The molecule has 5 rings (SSSR count). The van der Waals surface area contributed by atoms with E-state index in [2.05, 4.69) is 63.5 Å². The smallest absolute Gasteiger partial charge is 0.198 e. The zero-order chi connectivity index (χ0) is 18.4. The summed E-state index contributed by atoms with van der Waals surface area (Å²) in [5.41, 5.74) is 3.03. The molecule has 0 aliphatic carbocycles. The van der Waals surface area contributed by atoms with Crippen LogP contribution in [-0.2, 0) is 0 Å². The SMILES string of the molecule is Clc1nc(Cl)nc(-c2ccccc2-c2cccc3sc4ccccc4c23)n1. The summed E-state index contributed by atoms with van der Waals surface area (Å²) in [7, 11) is 0. The molecule has 2 heterocycles. The molecule has 0 radical (unpaired) electrons. The molecule has 130 valence electrons. The molecule has 0 amide bonds. The molecule has 2 aromatic heterocycles. The van der Waals surface area contributed by atoms with Crippen molar-refractivity contribution in [2.75, 3.05) is 0 Å². The van der Waals surface area contributed by atoms with Crippen molar-refractivity contribution in [1.29, 1.82) is 0 Å². The van der Waals surface area contributed by atoms with Crippen molar-refractivity contribution < 1.29 is 0 Å². The van der Waals surface area contributed by atoms with Crippen LogP contribution in [0.15, 0.2) is 66.7 Å². The second kappa shape index (κ2) is 6.57. The first kappa shape index (κ1) is 16.6. The maximum Gasteiger partial charge on any atom is 0.227 e. The van der Waals surface area contributed by atoms with Gasteiger partial charge in [0, 0.05) is 25.7 Å². The van der Waals surface area contributed by atoms with Crippen molar-refractivity contribution in [3.05, 3.63) is 77.3 Å². The van der Waals surface area contributed by atoms with Crippen molar-refractivity contribution >= 4 is 54.7 Å². The molecule has 3 nitrogen and oxygen atoms in total. The number of hydrogen-bond donors (Lipinski definition) is 0. The van der Waals surface area contributed by atoms with Gasteiger partial charge in [0.15, 0.2) is 5.82 Å². The van der Waals surface area contributed by atoms with Crippen LogP contribution in [-0.4, -0.2) is 15.0 Å². The highest BCUT2D eigenvalue weighted by atomic mass is 35.5. The first-order valence-electron chi connectivity index (χ1n) is 8.28. The summed E-state index contributed by atoms with van der Waals surface area (Å²) < 4.78 is 2.51. The van der Waals surface area contributed by atoms with Crippen molar-refractivity contribution in [1.82, 2.24) is 15.0 Å². The Balaban J connectivity index is 1.84. The molecule has 6 heteroatoms. The number of halogens is 2. The van der Waals surface area contributed by atoms with E-state index in [-0.39, 0.29) is 10.6 Å². The van der Waals surface area contributed by atoms with Crippen molar-refractivity contribution in [3.8, 4) is 22.5 Å². The lowest BCUT2D eigenvalue weighted by molar-refractivity contribution is 1.06. The third-order valence-corrected chi connectivity index (χ3v) is 5.92. The van der Waals surface area contributed by atoms with Gasteiger partial charge < -0.3 is 0 Å². The summed E-state index contributed by atoms with van der Waals surface area (Å²) in [6.07, 6.45) is 0. The van der Waals surface area contributed by atoms with Gasteiger partial charge in [-0.2, -0.15) is 15.0 Å². The first-order valence-corrected chi connectivity index (χ1v) is 9.85. The summed E-state index contributed by atoms with van der Waals surface area (Å²) in [4.78, 5) is 12.4. The topological polar surface area (TPSA) is 38.7 Å². The van der Waals surface area contributed by atoms with Crippen LogP contribution in [0.3, 0.4) is 0 Å². The normalized spacial score (nSPS) is 11.3. The van der Waals surface area contributed by atoms with Gasteiger partial charge in [-0.1, -0.05) is 54.6 Å². The molecule has 5 aromatic rings. The standard InChI is InChI=1S/C21H11Cl2N3S/c22-20-24-19(25-21(23)26-20)14-7-2-1-6-12(14)13-9-5-11-17-18(13)15-8-3-4-10-16(15)27-17/h1-11H. The zero-order valence-corrected chi connectivity index (χ0v) is 16.2. The highest BCUT2D eigenvalue weighted by molar-refractivity contribution is 7.25. The number of hydrogen-bond acceptors (Lipinski definition) is 4. The number of rotatable bonds is 2. The Morgan fingerprint density at radius 2 is 1.22 bits per heavy atom. The summed E-state index contributed by atoms with van der Waals surface area (Å²) in [5.74, 6) is 0.465. The minimum absolute atomic E-state index is 0.0824. The third kappa shape index (κ3) is 2.86. The van der Waals surface area contributed by atoms with Gasteiger partial charge in [0.2, 0.25) is 10.6 Å². The maximum absolute atomic E-state index is 6.01. The molecular formula is C21H11Cl2N3S. The fraction of sp³-hybridized carbons (Fsp3) is 0. The Morgan fingerprint density at radius 1 is 0.593 bits per heavy atom. The largest absolute Gasteiger partial charge is 0.227 e. The van der Waals surface area contributed by atoms with E-state index in [0.29, 0.717) is 5.82 Å². The predicted octanol–water partition coefficient (Wildman–Crippen LogP) is 6.88. The minimum atomic E-state index is 0.0824. The number of aromatic nitrogens is 3. The van der Waals surface area contributed by atoms with E-state index in [1.165, 1.54) is 20.2 Å². The van der Waals surface area contributed by atoms with Crippen LogP contribution in [0.2, 0.25) is 10.6 Å². The zero-order valence-electron chi connectivity index (χ0n) is 13.9. The van der Waals surface area contributed by atoms with Gasteiger partial charge in [-0.15, -0.1) is 11.3 Å². The van der Waals surface area contributed by atoms with Gasteiger partial charge in [0.1, 0.15) is 0 Å². The molecule has 0 saturated heterocycles. The highest BCUT2D eigenvalue weighted by Gasteiger charge is 2.16. The molecule has 0 aliphatic heterocycles.